The van der Waals surface area contributed by atoms with Crippen LogP contribution >= 0.6 is 0 Å². The summed E-state index contributed by atoms with van der Waals surface area (Å²) in [6, 6.07) is 9.01. The second-order valence-corrected chi connectivity index (χ2v) is 7.57. The summed E-state index contributed by atoms with van der Waals surface area (Å²) in [7, 11) is 0. The van der Waals surface area contributed by atoms with Crippen molar-refractivity contribution in [2.24, 2.45) is 0 Å². The Morgan fingerprint density at radius 2 is 1.06 bits per heavy atom. The van der Waals surface area contributed by atoms with Crippen LogP contribution in [-0.2, 0) is 32.2 Å². The molecule has 31 heavy (non-hydrogen) atoms. The van der Waals surface area contributed by atoms with Crippen LogP contribution < -0.4 is 4.90 Å². The van der Waals surface area contributed by atoms with Crippen molar-refractivity contribution >= 4 is 17.5 Å². The van der Waals surface area contributed by atoms with Gasteiger partial charge >= 0.3 is 0 Å². The number of carbonyl (C=O) groups is 2. The van der Waals surface area contributed by atoms with E-state index >= 15 is 0 Å². The van der Waals surface area contributed by atoms with E-state index in [1.54, 1.807) is 12.1 Å². The summed E-state index contributed by atoms with van der Waals surface area (Å²) in [6.45, 7) is 7.23. The number of para-hydroxylation sites is 1. The summed E-state index contributed by atoms with van der Waals surface area (Å²) in [5.41, 5.74) is 4.79. The highest BCUT2D eigenvalue weighted by Crippen LogP contribution is 2.37. The smallest absolute Gasteiger partial charge is 0.266 e. The molecule has 0 N–H and O–H groups in total. The van der Waals surface area contributed by atoms with Crippen molar-refractivity contribution in [2.45, 2.75) is 27.1 Å². The van der Waals surface area contributed by atoms with Crippen LogP contribution in [0.15, 0.2) is 30.3 Å². The zero-order valence-corrected chi connectivity index (χ0v) is 17.9. The van der Waals surface area contributed by atoms with E-state index in [0.29, 0.717) is 69.7 Å². The molecule has 0 fully saturated rings. The number of nitrogens with zero attached hydrogens (tertiary/aromatic N) is 1. The van der Waals surface area contributed by atoms with Crippen LogP contribution in [0.2, 0.25) is 0 Å². The van der Waals surface area contributed by atoms with Crippen LogP contribution in [-0.4, -0.2) is 51.5 Å². The maximum atomic E-state index is 13.3. The third-order valence-electron chi connectivity index (χ3n) is 5.73. The Balaban J connectivity index is 1.74. The Kier molecular flexibility index (Phi) is 6.77. The quantitative estimate of drug-likeness (QED) is 0.654. The van der Waals surface area contributed by atoms with Crippen molar-refractivity contribution < 1.29 is 28.5 Å². The number of benzene rings is 2. The molecule has 0 unspecified atom stereocenters. The SMILES string of the molecule is Cc1c2c(c(C)c3c1C(=O)N(c1ccccc1)C3=O)COCCOCCOCCOC2. The van der Waals surface area contributed by atoms with Crippen LogP contribution in [0, 0.1) is 13.8 Å². The lowest BCUT2D eigenvalue weighted by molar-refractivity contribution is -0.0100. The van der Waals surface area contributed by atoms with Gasteiger partial charge in [-0.25, -0.2) is 4.90 Å². The van der Waals surface area contributed by atoms with E-state index in [-0.39, 0.29) is 11.8 Å². The molecule has 4 rings (SSSR count). The summed E-state index contributed by atoms with van der Waals surface area (Å²) >= 11 is 0. The van der Waals surface area contributed by atoms with Gasteiger partial charge in [0.1, 0.15) is 0 Å². The second-order valence-electron chi connectivity index (χ2n) is 7.57. The first kappa shape index (κ1) is 21.6. The van der Waals surface area contributed by atoms with Gasteiger partial charge in [0.2, 0.25) is 0 Å². The third-order valence-corrected chi connectivity index (χ3v) is 5.73. The molecule has 0 spiro atoms. The molecule has 0 saturated carbocycles. The summed E-state index contributed by atoms with van der Waals surface area (Å²) in [5, 5.41) is 0. The molecular formula is C24H27NO6. The topological polar surface area (TPSA) is 74.3 Å². The van der Waals surface area contributed by atoms with Gasteiger partial charge in [-0.15, -0.1) is 0 Å². The minimum Gasteiger partial charge on any atom is -0.377 e. The highest BCUT2D eigenvalue weighted by Gasteiger charge is 2.41. The Hall–Kier alpha value is -2.58. The number of imide groups is 1. The highest BCUT2D eigenvalue weighted by molar-refractivity contribution is 6.35. The summed E-state index contributed by atoms with van der Waals surface area (Å²) < 4.78 is 22.7. The molecule has 2 amide bonds. The molecule has 7 nitrogen and oxygen atoms in total. The van der Waals surface area contributed by atoms with Crippen molar-refractivity contribution in [3.63, 3.8) is 0 Å². The number of fused-ring (bicyclic) bond motifs is 2. The Morgan fingerprint density at radius 3 is 1.52 bits per heavy atom. The minimum atomic E-state index is -0.299. The maximum absolute atomic E-state index is 13.3. The largest absolute Gasteiger partial charge is 0.377 e. The molecule has 0 atom stereocenters. The average molecular weight is 425 g/mol. The lowest BCUT2D eigenvalue weighted by Crippen LogP contribution is -2.29. The van der Waals surface area contributed by atoms with Crippen molar-refractivity contribution in [3.05, 3.63) is 63.7 Å². The number of carbonyl (C=O) groups excluding carboxylic acids is 2. The van der Waals surface area contributed by atoms with Crippen LogP contribution in [0.1, 0.15) is 43.0 Å². The van der Waals surface area contributed by atoms with Crippen LogP contribution in [0.25, 0.3) is 0 Å². The number of ether oxygens (including phenoxy) is 4. The zero-order chi connectivity index (χ0) is 21.8. The number of amides is 2. The zero-order valence-electron chi connectivity index (χ0n) is 17.9. The molecule has 0 bridgehead atoms. The lowest BCUT2D eigenvalue weighted by atomic mass is 9.89. The Bertz CT molecular complexity index is 913. The van der Waals surface area contributed by atoms with Crippen LogP contribution in [0.5, 0.6) is 0 Å². The van der Waals surface area contributed by atoms with E-state index < -0.39 is 0 Å². The van der Waals surface area contributed by atoms with Gasteiger partial charge in [0.05, 0.1) is 69.7 Å². The molecule has 7 heteroatoms. The maximum Gasteiger partial charge on any atom is 0.266 e. The Morgan fingerprint density at radius 1 is 0.645 bits per heavy atom. The van der Waals surface area contributed by atoms with E-state index in [4.69, 9.17) is 18.9 Å². The molecule has 2 heterocycles. The number of anilines is 1. The molecule has 2 aliphatic heterocycles. The van der Waals surface area contributed by atoms with Gasteiger partial charge in [-0.2, -0.15) is 0 Å². The fourth-order valence-corrected chi connectivity index (χ4v) is 4.09. The van der Waals surface area contributed by atoms with E-state index in [9.17, 15) is 9.59 Å². The first-order chi connectivity index (χ1) is 15.1. The minimum absolute atomic E-state index is 0.299. The van der Waals surface area contributed by atoms with Crippen molar-refractivity contribution in [1.82, 2.24) is 0 Å². The van der Waals surface area contributed by atoms with Gasteiger partial charge in [0.25, 0.3) is 11.8 Å². The van der Waals surface area contributed by atoms with Crippen LogP contribution in [0.3, 0.4) is 0 Å². The van der Waals surface area contributed by atoms with Crippen molar-refractivity contribution in [2.75, 3.05) is 44.5 Å². The summed E-state index contributed by atoms with van der Waals surface area (Å²) in [4.78, 5) is 27.9. The lowest BCUT2D eigenvalue weighted by Gasteiger charge is -2.19. The number of hydrogen-bond acceptors (Lipinski definition) is 6. The summed E-state index contributed by atoms with van der Waals surface area (Å²) in [6.07, 6.45) is 0. The number of rotatable bonds is 1. The molecule has 2 aromatic rings. The third kappa shape index (κ3) is 4.27. The molecular weight excluding hydrogens is 398 g/mol. The highest BCUT2D eigenvalue weighted by atomic mass is 16.6. The molecule has 164 valence electrons. The van der Waals surface area contributed by atoms with E-state index in [0.717, 1.165) is 22.3 Å². The van der Waals surface area contributed by atoms with Gasteiger partial charge in [0, 0.05) is 0 Å². The van der Waals surface area contributed by atoms with E-state index in [1.165, 1.54) is 4.90 Å². The van der Waals surface area contributed by atoms with Gasteiger partial charge in [-0.1, -0.05) is 18.2 Å². The number of hydrogen-bond donors (Lipinski definition) is 0. The van der Waals surface area contributed by atoms with Gasteiger partial charge in [0.15, 0.2) is 0 Å². The van der Waals surface area contributed by atoms with Gasteiger partial charge in [-0.3, -0.25) is 9.59 Å². The predicted octanol–water partition coefficient (Wildman–Crippen LogP) is 3.18. The molecule has 0 aliphatic carbocycles. The van der Waals surface area contributed by atoms with Gasteiger partial charge in [-0.05, 0) is 48.2 Å². The summed E-state index contributed by atoms with van der Waals surface area (Å²) in [5.74, 6) is -0.599. The standard InChI is InChI=1S/C24H27NO6/c1-16-19-14-30-12-10-28-8-9-29-11-13-31-15-20(19)17(2)22-21(16)23(26)25(24(22)27)18-6-4-3-5-7-18/h3-7H,8-15H2,1-2H3. The molecule has 2 aromatic carbocycles. The fourth-order valence-electron chi connectivity index (χ4n) is 4.09. The second kappa shape index (κ2) is 9.70. The normalized spacial score (nSPS) is 18.5. The molecule has 0 saturated heterocycles. The first-order valence-corrected chi connectivity index (χ1v) is 10.5. The predicted molar refractivity (Wildman–Crippen MR) is 114 cm³/mol. The molecule has 0 radical (unpaired) electrons. The Labute approximate surface area is 181 Å². The first-order valence-electron chi connectivity index (χ1n) is 10.5. The van der Waals surface area contributed by atoms with Gasteiger partial charge < -0.3 is 18.9 Å². The fraction of sp³-hybridized carbons (Fsp3) is 0.417. The molecule has 2 aliphatic rings. The monoisotopic (exact) mass is 425 g/mol. The van der Waals surface area contributed by atoms with E-state index in [2.05, 4.69) is 0 Å². The average Bonchev–Trinajstić information content (AvgIpc) is 3.04. The van der Waals surface area contributed by atoms with E-state index in [1.807, 2.05) is 32.0 Å². The van der Waals surface area contributed by atoms with Crippen LogP contribution in [0.4, 0.5) is 5.69 Å². The van der Waals surface area contributed by atoms with Crippen molar-refractivity contribution in [1.29, 1.82) is 0 Å². The molecule has 0 aromatic heterocycles. The van der Waals surface area contributed by atoms with Crippen molar-refractivity contribution in [3.8, 4) is 0 Å².